The molecule has 0 unspecified atom stereocenters. The van der Waals surface area contributed by atoms with Gasteiger partial charge in [0, 0.05) is 12.2 Å². The van der Waals surface area contributed by atoms with Crippen molar-refractivity contribution in [1.82, 2.24) is 10.2 Å². The van der Waals surface area contributed by atoms with Gasteiger partial charge >= 0.3 is 12.0 Å². The molecule has 0 spiro atoms. The molecule has 1 aliphatic heterocycles. The molecule has 0 aromatic heterocycles. The lowest BCUT2D eigenvalue weighted by molar-refractivity contribution is -0.136. The number of hydrogen-bond donors (Lipinski definition) is 1. The predicted octanol–water partition coefficient (Wildman–Crippen LogP) is 3.38. The highest BCUT2D eigenvalue weighted by atomic mass is 16.5. The van der Waals surface area contributed by atoms with Crippen LogP contribution in [0.1, 0.15) is 25.5 Å². The van der Waals surface area contributed by atoms with Crippen LogP contribution in [0.3, 0.4) is 0 Å². The maximum atomic E-state index is 12.4. The fourth-order valence-corrected chi connectivity index (χ4v) is 3.34. The summed E-state index contributed by atoms with van der Waals surface area (Å²) < 4.78 is 10.2. The van der Waals surface area contributed by atoms with E-state index in [4.69, 9.17) is 9.47 Å². The largest absolute Gasteiger partial charge is 0.497 e. The highest BCUT2D eigenvalue weighted by molar-refractivity contribution is 5.95. The van der Waals surface area contributed by atoms with Crippen LogP contribution in [0.15, 0.2) is 47.7 Å². The Balaban J connectivity index is 2.11. The molecule has 136 valence electrons. The third kappa shape index (κ3) is 2.98. The number of hydrogen-bond acceptors (Lipinski definition) is 4. The van der Waals surface area contributed by atoms with Crippen molar-refractivity contribution in [2.24, 2.45) is 0 Å². The maximum absolute atomic E-state index is 12.4. The molecule has 3 rings (SSSR count). The van der Waals surface area contributed by atoms with Crippen molar-refractivity contribution in [1.29, 1.82) is 0 Å². The number of nitrogens with zero attached hydrogens (tertiary/aromatic N) is 1. The third-order valence-electron chi connectivity index (χ3n) is 4.72. The molecule has 6 nitrogen and oxygen atoms in total. The van der Waals surface area contributed by atoms with E-state index >= 15 is 0 Å². The summed E-state index contributed by atoms with van der Waals surface area (Å²) in [7, 11) is 2.97. The van der Waals surface area contributed by atoms with Crippen LogP contribution < -0.4 is 10.1 Å². The molecule has 1 aliphatic rings. The number of nitrogens with one attached hydrogen (secondary N) is 1. The van der Waals surface area contributed by atoms with Crippen LogP contribution in [0.2, 0.25) is 0 Å². The molecule has 1 N–H and O–H groups in total. The SMILES string of the molecule is CCN1C(=O)N[C@@H](c2ccc3cc(OC)ccc3c2)C(C(=O)OC)=C1C. The van der Waals surface area contributed by atoms with E-state index in [2.05, 4.69) is 5.32 Å². The molecule has 6 heteroatoms. The molecular weight excluding hydrogens is 332 g/mol. The summed E-state index contributed by atoms with van der Waals surface area (Å²) >= 11 is 0. The Kier molecular flexibility index (Phi) is 4.84. The van der Waals surface area contributed by atoms with Gasteiger partial charge in [-0.1, -0.05) is 18.2 Å². The van der Waals surface area contributed by atoms with Gasteiger partial charge in [0.15, 0.2) is 0 Å². The Morgan fingerprint density at radius 1 is 1.15 bits per heavy atom. The van der Waals surface area contributed by atoms with E-state index in [1.54, 1.807) is 14.0 Å². The van der Waals surface area contributed by atoms with Gasteiger partial charge in [-0.05, 0) is 48.4 Å². The Labute approximate surface area is 152 Å². The lowest BCUT2D eigenvalue weighted by atomic mass is 9.93. The van der Waals surface area contributed by atoms with Gasteiger partial charge in [0.2, 0.25) is 0 Å². The van der Waals surface area contributed by atoms with Crippen LogP contribution in [0.4, 0.5) is 4.79 Å². The topological polar surface area (TPSA) is 67.9 Å². The summed E-state index contributed by atoms with van der Waals surface area (Å²) in [4.78, 5) is 26.4. The molecule has 2 aromatic rings. The van der Waals surface area contributed by atoms with Crippen molar-refractivity contribution >= 4 is 22.8 Å². The molecule has 0 aliphatic carbocycles. The van der Waals surface area contributed by atoms with E-state index in [0.717, 1.165) is 22.1 Å². The first kappa shape index (κ1) is 17.8. The number of carbonyl (C=O) groups excluding carboxylic acids is 2. The van der Waals surface area contributed by atoms with Crippen LogP contribution in [-0.2, 0) is 9.53 Å². The first-order valence-corrected chi connectivity index (χ1v) is 8.45. The van der Waals surface area contributed by atoms with Crippen LogP contribution in [0, 0.1) is 0 Å². The van der Waals surface area contributed by atoms with Gasteiger partial charge in [0.25, 0.3) is 0 Å². The summed E-state index contributed by atoms with van der Waals surface area (Å²) in [5.74, 6) is 0.335. The van der Waals surface area contributed by atoms with Gasteiger partial charge in [0.05, 0.1) is 25.8 Å². The first-order chi connectivity index (χ1) is 12.5. The zero-order chi connectivity index (χ0) is 18.8. The Bertz CT molecular complexity index is 904. The van der Waals surface area contributed by atoms with Gasteiger partial charge in [0.1, 0.15) is 5.75 Å². The number of ether oxygens (including phenoxy) is 2. The van der Waals surface area contributed by atoms with Crippen molar-refractivity contribution in [3.8, 4) is 5.75 Å². The van der Waals surface area contributed by atoms with E-state index in [1.807, 2.05) is 43.3 Å². The van der Waals surface area contributed by atoms with Crippen molar-refractivity contribution in [2.45, 2.75) is 19.9 Å². The molecule has 2 aromatic carbocycles. The second-order valence-corrected chi connectivity index (χ2v) is 6.09. The van der Waals surface area contributed by atoms with E-state index in [1.165, 1.54) is 12.0 Å². The molecule has 0 fully saturated rings. The zero-order valence-corrected chi connectivity index (χ0v) is 15.3. The first-order valence-electron chi connectivity index (χ1n) is 8.45. The fourth-order valence-electron chi connectivity index (χ4n) is 3.34. The van der Waals surface area contributed by atoms with Crippen LogP contribution in [0.5, 0.6) is 5.75 Å². The third-order valence-corrected chi connectivity index (χ3v) is 4.72. The number of carbonyl (C=O) groups is 2. The van der Waals surface area contributed by atoms with E-state index in [-0.39, 0.29) is 6.03 Å². The number of allylic oxidation sites excluding steroid dienone is 1. The van der Waals surface area contributed by atoms with Gasteiger partial charge in [-0.3, -0.25) is 4.90 Å². The van der Waals surface area contributed by atoms with Crippen molar-refractivity contribution in [3.05, 3.63) is 53.2 Å². The minimum absolute atomic E-state index is 0.225. The number of rotatable bonds is 4. The number of amides is 2. The van der Waals surface area contributed by atoms with E-state index < -0.39 is 12.0 Å². The predicted molar refractivity (Wildman–Crippen MR) is 98.9 cm³/mol. The van der Waals surface area contributed by atoms with Crippen LogP contribution in [-0.4, -0.2) is 37.7 Å². The van der Waals surface area contributed by atoms with Crippen molar-refractivity contribution < 1.29 is 19.1 Å². The molecule has 0 saturated heterocycles. The average Bonchev–Trinajstić information content (AvgIpc) is 2.66. The van der Waals surface area contributed by atoms with Crippen LogP contribution in [0.25, 0.3) is 10.8 Å². The summed E-state index contributed by atoms with van der Waals surface area (Å²) in [6.45, 7) is 4.11. The monoisotopic (exact) mass is 354 g/mol. The Morgan fingerprint density at radius 2 is 1.85 bits per heavy atom. The maximum Gasteiger partial charge on any atom is 0.337 e. The lowest BCUT2D eigenvalue weighted by Crippen LogP contribution is -2.47. The number of methoxy groups -OCH3 is 2. The van der Waals surface area contributed by atoms with Gasteiger partial charge < -0.3 is 14.8 Å². The molecule has 0 bridgehead atoms. The number of esters is 1. The summed E-state index contributed by atoms with van der Waals surface area (Å²) in [6.07, 6.45) is 0. The number of urea groups is 1. The average molecular weight is 354 g/mol. The molecule has 2 amide bonds. The quantitative estimate of drug-likeness (QED) is 0.855. The molecule has 0 radical (unpaired) electrons. The molecular formula is C20H22N2O4. The minimum Gasteiger partial charge on any atom is -0.497 e. The molecule has 26 heavy (non-hydrogen) atoms. The van der Waals surface area contributed by atoms with Crippen molar-refractivity contribution in [2.75, 3.05) is 20.8 Å². The van der Waals surface area contributed by atoms with Gasteiger partial charge in [-0.2, -0.15) is 0 Å². The van der Waals surface area contributed by atoms with E-state index in [0.29, 0.717) is 17.8 Å². The number of fused-ring (bicyclic) bond motifs is 1. The molecule has 1 heterocycles. The fraction of sp³-hybridized carbons (Fsp3) is 0.300. The lowest BCUT2D eigenvalue weighted by Gasteiger charge is -2.34. The molecule has 0 saturated carbocycles. The molecule has 1 atom stereocenters. The Morgan fingerprint density at radius 3 is 2.50 bits per heavy atom. The normalized spacial score (nSPS) is 17.3. The summed E-state index contributed by atoms with van der Waals surface area (Å²) in [5.41, 5.74) is 1.89. The second-order valence-electron chi connectivity index (χ2n) is 6.09. The summed E-state index contributed by atoms with van der Waals surface area (Å²) in [5, 5.41) is 4.94. The standard InChI is InChI=1S/C20H22N2O4/c1-5-22-12(2)17(19(23)26-4)18(21-20(22)24)15-7-6-14-11-16(25-3)9-8-13(14)10-15/h6-11,18H,5H2,1-4H3,(H,21,24)/t18-/m0/s1. The van der Waals surface area contributed by atoms with Gasteiger partial charge in [-0.15, -0.1) is 0 Å². The smallest absolute Gasteiger partial charge is 0.337 e. The highest BCUT2D eigenvalue weighted by Gasteiger charge is 2.35. The Hall–Kier alpha value is -3.02. The minimum atomic E-state index is -0.552. The zero-order valence-electron chi connectivity index (χ0n) is 15.3. The summed E-state index contributed by atoms with van der Waals surface area (Å²) in [6, 6.07) is 10.8. The van der Waals surface area contributed by atoms with Gasteiger partial charge in [-0.25, -0.2) is 9.59 Å². The van der Waals surface area contributed by atoms with E-state index in [9.17, 15) is 9.59 Å². The highest BCUT2D eigenvalue weighted by Crippen LogP contribution is 2.33. The van der Waals surface area contributed by atoms with Crippen LogP contribution >= 0.6 is 0 Å². The number of benzene rings is 2. The van der Waals surface area contributed by atoms with Crippen molar-refractivity contribution in [3.63, 3.8) is 0 Å². The second kappa shape index (κ2) is 7.07.